The molecule has 9 heteroatoms. The van der Waals surface area contributed by atoms with Gasteiger partial charge in [-0.25, -0.2) is 4.67 Å². The monoisotopic (exact) mass is 712 g/mol. The second kappa shape index (κ2) is 17.2. The van der Waals surface area contributed by atoms with Crippen molar-refractivity contribution in [3.63, 3.8) is 0 Å². The molecule has 0 aromatic carbocycles. The Morgan fingerprint density at radius 2 is 1.04 bits per heavy atom. The van der Waals surface area contributed by atoms with Crippen LogP contribution in [0.4, 0.5) is 0 Å². The molecule has 4 bridgehead atoms. The number of nitrogens with zero attached hydrogens (tertiary/aromatic N) is 4. The van der Waals surface area contributed by atoms with Crippen molar-refractivity contribution in [2.75, 3.05) is 65.5 Å². The van der Waals surface area contributed by atoms with Crippen LogP contribution in [-0.4, -0.2) is 97.1 Å². The summed E-state index contributed by atoms with van der Waals surface area (Å²) in [6, 6.07) is 2.87. The van der Waals surface area contributed by atoms with Crippen molar-refractivity contribution in [2.45, 2.75) is 59.0 Å². The van der Waals surface area contributed by atoms with Gasteiger partial charge in [-0.3, -0.25) is 0 Å². The first-order valence-corrected chi connectivity index (χ1v) is 21.2. The van der Waals surface area contributed by atoms with Gasteiger partial charge in [0.05, 0.1) is 25.7 Å². The van der Waals surface area contributed by atoms with Gasteiger partial charge in [-0.15, -0.1) is 11.6 Å². The Hall–Kier alpha value is -1.07. The normalized spacial score (nSPS) is 39.0. The number of hydrogen-bond acceptors (Lipinski definition) is 7. The SMILES string of the molecule is CC(C)N(C(C)C)P(OCCC#N)OCCCN1CC2C3C=CC(C4C=CC43)C2C1.CCl.OCCCN1CC2C3C=CC(C4C=CC43)C2C1. The van der Waals surface area contributed by atoms with Gasteiger partial charge in [-0.1, -0.05) is 48.6 Å². The van der Waals surface area contributed by atoms with E-state index < -0.39 is 8.53 Å². The van der Waals surface area contributed by atoms with E-state index in [4.69, 9.17) is 19.4 Å². The van der Waals surface area contributed by atoms with Crippen LogP contribution in [0.1, 0.15) is 47.0 Å². The number of halogens is 1. The molecule has 0 aromatic heterocycles. The Balaban J connectivity index is 0.000000184. The quantitative estimate of drug-likeness (QED) is 0.0883. The average molecular weight is 713 g/mol. The molecular weight excluding hydrogens is 651 g/mol. The zero-order valence-electron chi connectivity index (χ0n) is 30.6. The van der Waals surface area contributed by atoms with Crippen molar-refractivity contribution in [1.29, 1.82) is 5.26 Å². The minimum Gasteiger partial charge on any atom is -0.396 e. The number of allylic oxidation sites excluding steroid dienone is 8. The molecule has 13 atom stereocenters. The van der Waals surface area contributed by atoms with Gasteiger partial charge in [0.25, 0.3) is 8.53 Å². The minimum absolute atomic E-state index is 0.337. The lowest BCUT2D eigenvalue weighted by Gasteiger charge is -2.53. The van der Waals surface area contributed by atoms with Gasteiger partial charge in [0, 0.05) is 64.3 Å². The van der Waals surface area contributed by atoms with Crippen LogP contribution < -0.4 is 0 Å². The lowest BCUT2D eigenvalue weighted by Crippen LogP contribution is -2.49. The average Bonchev–Trinajstić information content (AvgIpc) is 3.69. The van der Waals surface area contributed by atoms with E-state index in [1.165, 1.54) is 32.6 Å². The van der Waals surface area contributed by atoms with Crippen LogP contribution in [0.3, 0.4) is 0 Å². The number of aliphatic hydroxyl groups excluding tert-OH is 1. The van der Waals surface area contributed by atoms with Crippen LogP contribution >= 0.6 is 20.1 Å². The molecule has 8 aliphatic carbocycles. The molecule has 49 heavy (non-hydrogen) atoms. The van der Waals surface area contributed by atoms with Gasteiger partial charge >= 0.3 is 0 Å². The predicted octanol–water partition coefficient (Wildman–Crippen LogP) is 7.22. The van der Waals surface area contributed by atoms with Crippen LogP contribution in [-0.2, 0) is 9.05 Å². The fourth-order valence-electron chi connectivity index (χ4n) is 10.9. The molecule has 10 aliphatic rings. The number of likely N-dealkylation sites (tertiary alicyclic amines) is 2. The molecule has 2 aliphatic heterocycles. The zero-order valence-corrected chi connectivity index (χ0v) is 32.2. The van der Waals surface area contributed by atoms with Crippen LogP contribution in [0.25, 0.3) is 0 Å². The van der Waals surface area contributed by atoms with E-state index in [0.717, 1.165) is 104 Å². The maximum Gasteiger partial charge on any atom is 0.259 e. The molecule has 272 valence electrons. The summed E-state index contributed by atoms with van der Waals surface area (Å²) in [5.74, 6) is 10.1. The topological polar surface area (TPSA) is 72.2 Å². The van der Waals surface area contributed by atoms with Gasteiger partial charge in [0.2, 0.25) is 0 Å². The van der Waals surface area contributed by atoms with E-state index in [1.807, 2.05) is 0 Å². The Morgan fingerprint density at radius 1 is 0.673 bits per heavy atom. The van der Waals surface area contributed by atoms with Crippen LogP contribution in [0.5, 0.6) is 0 Å². The van der Waals surface area contributed by atoms with Gasteiger partial charge in [-0.05, 0) is 112 Å². The van der Waals surface area contributed by atoms with Crippen molar-refractivity contribution >= 4 is 20.1 Å². The third-order valence-corrected chi connectivity index (χ3v) is 15.1. The van der Waals surface area contributed by atoms with E-state index in [9.17, 15) is 0 Å². The maximum absolute atomic E-state index is 8.95. The Labute approximate surface area is 303 Å². The number of hydrogen-bond donors (Lipinski definition) is 1. The summed E-state index contributed by atoms with van der Waals surface area (Å²) in [5.41, 5.74) is 0. The fraction of sp³-hybridized carbons (Fsp3) is 0.775. The maximum atomic E-state index is 8.95. The molecule has 4 fully saturated rings. The molecule has 0 radical (unpaired) electrons. The van der Waals surface area contributed by atoms with Gasteiger partial charge in [0.1, 0.15) is 0 Å². The smallest absolute Gasteiger partial charge is 0.259 e. The largest absolute Gasteiger partial charge is 0.396 e. The van der Waals surface area contributed by atoms with Crippen LogP contribution in [0, 0.1) is 82.3 Å². The van der Waals surface area contributed by atoms with Crippen LogP contribution in [0.15, 0.2) is 48.6 Å². The first-order valence-electron chi connectivity index (χ1n) is 19.3. The Kier molecular flexibility index (Phi) is 13.2. The van der Waals surface area contributed by atoms with Gasteiger partial charge < -0.3 is 24.0 Å². The van der Waals surface area contributed by atoms with E-state index in [-0.39, 0.29) is 0 Å². The van der Waals surface area contributed by atoms with Crippen molar-refractivity contribution < 1.29 is 14.2 Å². The lowest BCUT2D eigenvalue weighted by molar-refractivity contribution is 0.0672. The first-order chi connectivity index (χ1) is 23.9. The molecule has 2 saturated carbocycles. The summed E-state index contributed by atoms with van der Waals surface area (Å²) >= 11 is 4.64. The fourth-order valence-corrected chi connectivity index (χ4v) is 12.6. The molecule has 10 rings (SSSR count). The standard InChI is InChI=1S/C24H38N3O2P.C15H21NO.CH3Cl/c1-17(2)27(18(3)4)30(28-13-5-11-25)29-14-6-12-26-15-23-21-9-10-22(24(23)16-26)20-8-7-19(20)21;17-7-1-6-16-8-14-12-4-5-13(15(14)9-16)11-3-2-10(11)12;1-2/h7-10,17-24H,5-6,12-16H2,1-4H3;2-5,10-15,17H,1,6-9H2;1H3. The van der Waals surface area contributed by atoms with Gasteiger partial charge in [-0.2, -0.15) is 5.26 Å². The molecule has 2 heterocycles. The summed E-state index contributed by atoms with van der Waals surface area (Å²) < 4.78 is 14.6. The lowest BCUT2D eigenvalue weighted by atomic mass is 9.50. The van der Waals surface area contributed by atoms with Crippen molar-refractivity contribution in [3.05, 3.63) is 48.6 Å². The molecular formula is C40H62ClN4O3P. The number of rotatable bonds is 14. The third kappa shape index (κ3) is 7.70. The molecule has 2 saturated heterocycles. The summed E-state index contributed by atoms with van der Waals surface area (Å²) in [7, 11) is -1.11. The van der Waals surface area contributed by atoms with E-state index in [0.29, 0.717) is 31.7 Å². The molecule has 7 nitrogen and oxygen atoms in total. The minimum atomic E-state index is -1.11. The third-order valence-electron chi connectivity index (χ3n) is 13.0. The Morgan fingerprint density at radius 3 is 1.39 bits per heavy atom. The molecule has 0 aromatic rings. The number of nitriles is 1. The highest BCUT2D eigenvalue weighted by Crippen LogP contribution is 2.59. The van der Waals surface area contributed by atoms with E-state index >= 15 is 0 Å². The first kappa shape index (κ1) is 37.7. The highest BCUT2D eigenvalue weighted by Gasteiger charge is 2.56. The molecule has 1 N–H and O–H groups in total. The van der Waals surface area contributed by atoms with E-state index in [2.05, 4.69) is 108 Å². The van der Waals surface area contributed by atoms with Crippen molar-refractivity contribution in [1.82, 2.24) is 14.5 Å². The molecule has 13 unspecified atom stereocenters. The highest BCUT2D eigenvalue weighted by molar-refractivity contribution is 7.44. The highest BCUT2D eigenvalue weighted by atomic mass is 35.5. The number of aliphatic hydroxyl groups is 1. The van der Waals surface area contributed by atoms with Crippen molar-refractivity contribution in [2.24, 2.45) is 71.0 Å². The summed E-state index contributed by atoms with van der Waals surface area (Å²) in [6.07, 6.45) is 23.7. The second-order valence-corrected chi connectivity index (χ2v) is 17.6. The molecule has 0 amide bonds. The zero-order chi connectivity index (χ0) is 34.7. The second-order valence-electron chi connectivity index (χ2n) is 16.1. The molecule has 0 spiro atoms. The Bertz CT molecular complexity index is 1180. The van der Waals surface area contributed by atoms with Crippen LogP contribution in [0.2, 0.25) is 0 Å². The summed E-state index contributed by atoms with van der Waals surface area (Å²) in [5, 5.41) is 17.8. The summed E-state index contributed by atoms with van der Waals surface area (Å²) in [4.78, 5) is 5.27. The predicted molar refractivity (Wildman–Crippen MR) is 201 cm³/mol. The van der Waals surface area contributed by atoms with E-state index in [1.54, 1.807) is 0 Å². The summed E-state index contributed by atoms with van der Waals surface area (Å²) in [6.45, 7) is 17.5. The van der Waals surface area contributed by atoms with Crippen molar-refractivity contribution in [3.8, 4) is 6.07 Å². The van der Waals surface area contributed by atoms with Gasteiger partial charge in [0.15, 0.2) is 0 Å². The number of alkyl halides is 1.